The average Bonchev–Trinajstić information content (AvgIpc) is 2.74. The predicted molar refractivity (Wildman–Crippen MR) is 118 cm³/mol. The Balaban J connectivity index is 1.42. The molecule has 3 rings (SSSR count). The molecule has 0 unspecified atom stereocenters. The van der Waals surface area contributed by atoms with Crippen LogP contribution in [0.25, 0.3) is 6.08 Å². The van der Waals surface area contributed by atoms with Crippen LogP contribution in [0.5, 0.6) is 0 Å². The second-order valence-electron chi connectivity index (χ2n) is 7.15. The Hall–Kier alpha value is -2.30. The van der Waals surface area contributed by atoms with Gasteiger partial charge in [0.05, 0.1) is 0 Å². The van der Waals surface area contributed by atoms with Crippen molar-refractivity contribution in [3.63, 3.8) is 0 Å². The third kappa shape index (κ3) is 6.62. The maximum Gasteiger partial charge on any atom is 0.246 e. The van der Waals surface area contributed by atoms with Crippen molar-refractivity contribution >= 4 is 41.1 Å². The predicted octanol–water partition coefficient (Wildman–Crippen LogP) is 4.75. The first-order valence-corrected chi connectivity index (χ1v) is 10.5. The molecule has 2 amide bonds. The lowest BCUT2D eigenvalue weighted by molar-refractivity contribution is -0.127. The summed E-state index contributed by atoms with van der Waals surface area (Å²) in [5.41, 5.74) is 1.88. The summed E-state index contributed by atoms with van der Waals surface area (Å²) in [7, 11) is 0. The number of rotatable bonds is 6. The summed E-state index contributed by atoms with van der Waals surface area (Å²) < 4.78 is 0. The molecule has 1 N–H and O–H groups in total. The van der Waals surface area contributed by atoms with E-state index in [1.807, 2.05) is 30.3 Å². The van der Waals surface area contributed by atoms with Crippen LogP contribution in [0, 0.1) is 0 Å². The van der Waals surface area contributed by atoms with Crippen LogP contribution >= 0.6 is 23.2 Å². The fourth-order valence-electron chi connectivity index (χ4n) is 3.36. The normalized spacial score (nSPS) is 14.9. The summed E-state index contributed by atoms with van der Waals surface area (Å²) in [5.74, 6) is 0.00372. The van der Waals surface area contributed by atoms with Crippen LogP contribution in [-0.2, 0) is 16.0 Å². The van der Waals surface area contributed by atoms with Gasteiger partial charge in [-0.25, -0.2) is 0 Å². The first-order valence-electron chi connectivity index (χ1n) is 9.76. The molecule has 0 saturated carbocycles. The van der Waals surface area contributed by atoms with Crippen molar-refractivity contribution in [2.45, 2.75) is 31.7 Å². The summed E-state index contributed by atoms with van der Waals surface area (Å²) in [6, 6.07) is 15.3. The van der Waals surface area contributed by atoms with Crippen molar-refractivity contribution in [1.29, 1.82) is 0 Å². The van der Waals surface area contributed by atoms with Crippen molar-refractivity contribution in [1.82, 2.24) is 10.2 Å². The third-order valence-electron chi connectivity index (χ3n) is 5.02. The van der Waals surface area contributed by atoms with E-state index in [2.05, 4.69) is 5.32 Å². The lowest BCUT2D eigenvalue weighted by Crippen LogP contribution is -2.46. The van der Waals surface area contributed by atoms with Gasteiger partial charge in [0, 0.05) is 41.7 Å². The number of piperidine rings is 1. The Morgan fingerprint density at radius 2 is 1.79 bits per heavy atom. The van der Waals surface area contributed by atoms with E-state index in [0.717, 1.165) is 24.8 Å². The summed E-state index contributed by atoms with van der Waals surface area (Å²) in [6.45, 7) is 1.24. The van der Waals surface area contributed by atoms with Gasteiger partial charge in [-0.05, 0) is 54.7 Å². The summed E-state index contributed by atoms with van der Waals surface area (Å²) in [5, 5.41) is 4.22. The number of carbonyl (C=O) groups is 2. The van der Waals surface area contributed by atoms with Crippen LogP contribution in [-0.4, -0.2) is 35.8 Å². The molecule has 0 radical (unpaired) electrons. The Labute approximate surface area is 181 Å². The molecule has 6 heteroatoms. The highest BCUT2D eigenvalue weighted by Gasteiger charge is 2.22. The maximum atomic E-state index is 12.4. The van der Waals surface area contributed by atoms with E-state index >= 15 is 0 Å². The number of halogens is 2. The van der Waals surface area contributed by atoms with Gasteiger partial charge in [-0.15, -0.1) is 0 Å². The molecule has 152 valence electrons. The number of aryl methyl sites for hydroxylation is 1. The van der Waals surface area contributed by atoms with E-state index in [4.69, 9.17) is 23.2 Å². The minimum Gasteiger partial charge on any atom is -0.353 e. The highest BCUT2D eigenvalue weighted by molar-refractivity contribution is 6.34. The van der Waals surface area contributed by atoms with Gasteiger partial charge in [0.15, 0.2) is 0 Å². The monoisotopic (exact) mass is 430 g/mol. The summed E-state index contributed by atoms with van der Waals surface area (Å²) in [4.78, 5) is 26.4. The SMILES string of the molecule is O=C(CCc1ccccc1)NC1CCN(C(=O)C=Cc2cc(Cl)ccc2Cl)CC1. The topological polar surface area (TPSA) is 49.4 Å². The number of hydrogen-bond acceptors (Lipinski definition) is 2. The van der Waals surface area contributed by atoms with Gasteiger partial charge in [0.1, 0.15) is 0 Å². The highest BCUT2D eigenvalue weighted by atomic mass is 35.5. The molecule has 0 bridgehead atoms. The fourth-order valence-corrected chi connectivity index (χ4v) is 3.72. The molecular weight excluding hydrogens is 407 g/mol. The molecule has 0 spiro atoms. The number of carbonyl (C=O) groups excluding carboxylic acids is 2. The molecule has 1 aliphatic rings. The van der Waals surface area contributed by atoms with E-state index in [-0.39, 0.29) is 17.9 Å². The largest absolute Gasteiger partial charge is 0.353 e. The zero-order chi connectivity index (χ0) is 20.6. The summed E-state index contributed by atoms with van der Waals surface area (Å²) >= 11 is 12.1. The first-order chi connectivity index (χ1) is 14.0. The van der Waals surface area contributed by atoms with Crippen LogP contribution in [0.4, 0.5) is 0 Å². The molecule has 1 fully saturated rings. The van der Waals surface area contributed by atoms with Gasteiger partial charge in [0.25, 0.3) is 0 Å². The maximum absolute atomic E-state index is 12.4. The standard InChI is InChI=1S/C23H24Cl2N2O2/c24-19-8-9-21(25)18(16-19)7-11-23(29)27-14-12-20(13-15-27)26-22(28)10-6-17-4-2-1-3-5-17/h1-5,7-9,11,16,20H,6,10,12-15H2,(H,26,28). The molecule has 1 aliphatic heterocycles. The molecule has 29 heavy (non-hydrogen) atoms. The van der Waals surface area contributed by atoms with E-state index in [0.29, 0.717) is 35.1 Å². The number of benzene rings is 2. The van der Waals surface area contributed by atoms with Crippen LogP contribution in [0.3, 0.4) is 0 Å². The fraction of sp³-hybridized carbons (Fsp3) is 0.304. The van der Waals surface area contributed by atoms with E-state index < -0.39 is 0 Å². The second-order valence-corrected chi connectivity index (χ2v) is 8.00. The van der Waals surface area contributed by atoms with E-state index in [1.165, 1.54) is 6.08 Å². The molecule has 2 aromatic rings. The molecule has 1 heterocycles. The van der Waals surface area contributed by atoms with Crippen molar-refractivity contribution in [3.05, 3.63) is 75.8 Å². The van der Waals surface area contributed by atoms with Crippen LogP contribution < -0.4 is 5.32 Å². The average molecular weight is 431 g/mol. The lowest BCUT2D eigenvalue weighted by Gasteiger charge is -2.31. The molecule has 2 aromatic carbocycles. The van der Waals surface area contributed by atoms with Crippen LogP contribution in [0.1, 0.15) is 30.4 Å². The lowest BCUT2D eigenvalue weighted by atomic mass is 10.0. The summed E-state index contributed by atoms with van der Waals surface area (Å²) in [6.07, 6.45) is 5.95. The van der Waals surface area contributed by atoms with Crippen molar-refractivity contribution in [2.75, 3.05) is 13.1 Å². The minimum absolute atomic E-state index is 0.0603. The number of nitrogens with zero attached hydrogens (tertiary/aromatic N) is 1. The van der Waals surface area contributed by atoms with Crippen LogP contribution in [0.15, 0.2) is 54.6 Å². The Morgan fingerprint density at radius 1 is 1.07 bits per heavy atom. The molecule has 0 aromatic heterocycles. The van der Waals surface area contributed by atoms with Gasteiger partial charge in [-0.1, -0.05) is 53.5 Å². The van der Waals surface area contributed by atoms with Crippen molar-refractivity contribution in [2.24, 2.45) is 0 Å². The Kier molecular flexibility index (Phi) is 7.73. The van der Waals surface area contributed by atoms with E-state index in [9.17, 15) is 9.59 Å². The third-order valence-corrected chi connectivity index (χ3v) is 5.60. The number of amides is 2. The number of nitrogens with one attached hydrogen (secondary N) is 1. The smallest absolute Gasteiger partial charge is 0.246 e. The minimum atomic E-state index is -0.0603. The van der Waals surface area contributed by atoms with E-state index in [1.54, 1.807) is 29.2 Å². The van der Waals surface area contributed by atoms with Gasteiger partial charge in [-0.2, -0.15) is 0 Å². The zero-order valence-corrected chi connectivity index (χ0v) is 17.6. The quantitative estimate of drug-likeness (QED) is 0.672. The van der Waals surface area contributed by atoms with Crippen molar-refractivity contribution in [3.8, 4) is 0 Å². The first kappa shape index (κ1) is 21.4. The van der Waals surface area contributed by atoms with Gasteiger partial charge in [-0.3, -0.25) is 9.59 Å². The number of likely N-dealkylation sites (tertiary alicyclic amines) is 1. The molecule has 0 atom stereocenters. The highest BCUT2D eigenvalue weighted by Crippen LogP contribution is 2.22. The van der Waals surface area contributed by atoms with Crippen LogP contribution in [0.2, 0.25) is 10.0 Å². The van der Waals surface area contributed by atoms with Gasteiger partial charge in [0.2, 0.25) is 11.8 Å². The molecule has 1 saturated heterocycles. The Bertz CT molecular complexity index is 876. The van der Waals surface area contributed by atoms with Gasteiger partial charge >= 0.3 is 0 Å². The molecule has 4 nitrogen and oxygen atoms in total. The second kappa shape index (κ2) is 10.5. The molecule has 0 aliphatic carbocycles. The Morgan fingerprint density at radius 3 is 2.52 bits per heavy atom. The zero-order valence-electron chi connectivity index (χ0n) is 16.1. The van der Waals surface area contributed by atoms with Gasteiger partial charge < -0.3 is 10.2 Å². The molecular formula is C23H24Cl2N2O2. The van der Waals surface area contributed by atoms with Crippen molar-refractivity contribution < 1.29 is 9.59 Å². The number of hydrogen-bond donors (Lipinski definition) is 1.